The van der Waals surface area contributed by atoms with Crippen molar-refractivity contribution in [3.05, 3.63) is 83.2 Å². The van der Waals surface area contributed by atoms with Gasteiger partial charge in [-0.2, -0.15) is 5.01 Å². The average molecular weight is 607 g/mol. The number of aromatic nitrogens is 3. The second kappa shape index (κ2) is 13.7. The van der Waals surface area contributed by atoms with Gasteiger partial charge in [-0.3, -0.25) is 9.69 Å². The lowest BCUT2D eigenvalue weighted by molar-refractivity contribution is -0.134. The molecule has 13 nitrogen and oxygen atoms in total. The van der Waals surface area contributed by atoms with Crippen LogP contribution in [0.1, 0.15) is 65.8 Å². The number of hydrogen-bond acceptors (Lipinski definition) is 10. The second-order valence-corrected chi connectivity index (χ2v) is 11.2. The monoisotopic (exact) mass is 606 g/mol. The number of ether oxygens (including phenoxy) is 3. The van der Waals surface area contributed by atoms with E-state index in [1.54, 1.807) is 25.7 Å². The molecule has 1 fully saturated rings. The number of hydrogen-bond donors (Lipinski definition) is 0. The molecule has 234 valence electrons. The molecule has 1 aliphatic heterocycles. The molecule has 3 aromatic rings. The van der Waals surface area contributed by atoms with Gasteiger partial charge in [-0.15, -0.1) is 9.89 Å². The van der Waals surface area contributed by atoms with E-state index in [0.29, 0.717) is 26.2 Å². The zero-order valence-electron chi connectivity index (χ0n) is 25.8. The Morgan fingerprint density at radius 2 is 1.34 bits per heavy atom. The van der Waals surface area contributed by atoms with Gasteiger partial charge in [0.25, 0.3) is 0 Å². The Balaban J connectivity index is 1.61. The summed E-state index contributed by atoms with van der Waals surface area (Å²) >= 11 is 0. The van der Waals surface area contributed by atoms with Crippen LogP contribution in [-0.2, 0) is 19.0 Å². The van der Waals surface area contributed by atoms with Crippen LogP contribution in [0.4, 0.5) is 4.79 Å². The highest BCUT2D eigenvalue weighted by Gasteiger charge is 2.40. The standard InChI is InChI=1S/C31H38N6O7/c1-21(36(30(41)44-31(2,3)4)37-26(29(40)43-6)24(32-33-37)28(39)42-5)27(38)35-19-17-34(18-20-35)25(22-13-9-7-10-14-22)23-15-11-8-12-16-23/h7-16,21,25H,17-20H2,1-6H3/t21-/m0/s1. The minimum absolute atomic E-state index is 0.000145. The molecule has 0 aliphatic carbocycles. The predicted molar refractivity (Wildman–Crippen MR) is 159 cm³/mol. The molecule has 0 radical (unpaired) electrons. The summed E-state index contributed by atoms with van der Waals surface area (Å²) in [6, 6.07) is 19.2. The predicted octanol–water partition coefficient (Wildman–Crippen LogP) is 3.05. The topological polar surface area (TPSA) is 136 Å². The third-order valence-electron chi connectivity index (χ3n) is 7.14. The molecule has 13 heteroatoms. The molecule has 0 unspecified atom stereocenters. The van der Waals surface area contributed by atoms with Crippen LogP contribution in [0, 0.1) is 0 Å². The number of rotatable bonds is 8. The summed E-state index contributed by atoms with van der Waals surface area (Å²) in [5.41, 5.74) is 0.374. The number of amides is 2. The van der Waals surface area contributed by atoms with E-state index in [9.17, 15) is 19.2 Å². The Morgan fingerprint density at radius 1 is 0.818 bits per heavy atom. The Kier molecular flexibility index (Phi) is 9.99. The van der Waals surface area contributed by atoms with Crippen molar-refractivity contribution in [3.8, 4) is 0 Å². The molecular formula is C31H38N6O7. The molecule has 1 atom stereocenters. The van der Waals surface area contributed by atoms with E-state index in [1.807, 2.05) is 36.4 Å². The van der Waals surface area contributed by atoms with Gasteiger partial charge in [-0.05, 0) is 44.0 Å². The van der Waals surface area contributed by atoms with Crippen LogP contribution in [0.5, 0.6) is 0 Å². The first kappa shape index (κ1) is 32.1. The maximum atomic E-state index is 13.9. The van der Waals surface area contributed by atoms with Gasteiger partial charge in [0.1, 0.15) is 11.6 Å². The van der Waals surface area contributed by atoms with Gasteiger partial charge in [0, 0.05) is 26.2 Å². The molecule has 1 aliphatic rings. The van der Waals surface area contributed by atoms with E-state index in [0.717, 1.165) is 35.1 Å². The molecule has 1 aromatic heterocycles. The van der Waals surface area contributed by atoms with Gasteiger partial charge in [0.15, 0.2) is 0 Å². The number of carbonyl (C=O) groups excluding carboxylic acids is 4. The Morgan fingerprint density at radius 3 is 1.82 bits per heavy atom. The van der Waals surface area contributed by atoms with Crippen molar-refractivity contribution in [2.45, 2.75) is 45.4 Å². The van der Waals surface area contributed by atoms with E-state index in [1.165, 1.54) is 6.92 Å². The molecule has 2 heterocycles. The van der Waals surface area contributed by atoms with Crippen LogP contribution in [0.2, 0.25) is 0 Å². The lowest BCUT2D eigenvalue weighted by atomic mass is 9.96. The van der Waals surface area contributed by atoms with Crippen LogP contribution >= 0.6 is 0 Å². The first-order valence-corrected chi connectivity index (χ1v) is 14.2. The first-order valence-electron chi connectivity index (χ1n) is 14.2. The fraction of sp³-hybridized carbons (Fsp3) is 0.419. The summed E-state index contributed by atoms with van der Waals surface area (Å²) in [6.45, 7) is 8.39. The second-order valence-electron chi connectivity index (χ2n) is 11.2. The number of carbonyl (C=O) groups is 4. The number of esters is 2. The third kappa shape index (κ3) is 7.05. The molecule has 2 aromatic carbocycles. The SMILES string of the molecule is COC(=O)c1nnn(N(C(=O)OC(C)(C)C)[C@@H](C)C(=O)N2CCN(C(c3ccccc3)c3ccccc3)CC2)c1C(=O)OC. The summed E-state index contributed by atoms with van der Waals surface area (Å²) in [4.78, 5) is 57.3. The fourth-order valence-corrected chi connectivity index (χ4v) is 5.10. The number of piperazine rings is 1. The van der Waals surface area contributed by atoms with Crippen LogP contribution in [-0.4, -0.2) is 101 Å². The number of nitrogens with zero attached hydrogens (tertiary/aromatic N) is 6. The zero-order valence-corrected chi connectivity index (χ0v) is 25.8. The normalized spacial score (nSPS) is 14.6. The van der Waals surface area contributed by atoms with Gasteiger partial charge in [-0.25, -0.2) is 14.4 Å². The number of methoxy groups -OCH3 is 2. The van der Waals surface area contributed by atoms with E-state index in [2.05, 4.69) is 39.5 Å². The highest BCUT2D eigenvalue weighted by molar-refractivity contribution is 6.01. The van der Waals surface area contributed by atoms with Gasteiger partial charge in [0.2, 0.25) is 17.3 Å². The zero-order chi connectivity index (χ0) is 32.0. The largest absolute Gasteiger partial charge is 0.464 e. The molecule has 1 saturated heterocycles. The van der Waals surface area contributed by atoms with Crippen molar-refractivity contribution >= 4 is 23.9 Å². The summed E-state index contributed by atoms with van der Waals surface area (Å²) in [5.74, 6) is -2.38. The van der Waals surface area contributed by atoms with Gasteiger partial charge in [-0.1, -0.05) is 60.7 Å². The molecule has 44 heavy (non-hydrogen) atoms. The van der Waals surface area contributed by atoms with Crippen LogP contribution < -0.4 is 5.01 Å². The maximum Gasteiger partial charge on any atom is 0.431 e. The Bertz CT molecular complexity index is 1420. The maximum absolute atomic E-state index is 13.9. The molecule has 0 bridgehead atoms. The van der Waals surface area contributed by atoms with Gasteiger partial charge in [0.05, 0.1) is 20.3 Å². The van der Waals surface area contributed by atoms with Crippen molar-refractivity contribution < 1.29 is 33.4 Å². The summed E-state index contributed by atoms with van der Waals surface area (Å²) in [6.07, 6.45) is -0.975. The minimum Gasteiger partial charge on any atom is -0.464 e. The summed E-state index contributed by atoms with van der Waals surface area (Å²) in [5, 5.41) is 8.48. The first-order chi connectivity index (χ1) is 21.0. The highest BCUT2D eigenvalue weighted by Crippen LogP contribution is 2.29. The number of benzene rings is 2. The molecule has 0 spiro atoms. The van der Waals surface area contributed by atoms with Crippen molar-refractivity contribution in [1.82, 2.24) is 24.9 Å². The van der Waals surface area contributed by atoms with E-state index >= 15 is 0 Å². The van der Waals surface area contributed by atoms with Crippen LogP contribution in [0.25, 0.3) is 0 Å². The quantitative estimate of drug-likeness (QED) is 0.278. The lowest BCUT2D eigenvalue weighted by Crippen LogP contribution is -2.59. The molecule has 2 amide bonds. The minimum atomic E-state index is -1.20. The fourth-order valence-electron chi connectivity index (χ4n) is 5.10. The van der Waals surface area contributed by atoms with Crippen LogP contribution in [0.3, 0.4) is 0 Å². The summed E-state index contributed by atoms with van der Waals surface area (Å²) in [7, 11) is 2.21. The van der Waals surface area contributed by atoms with Gasteiger partial charge >= 0.3 is 18.0 Å². The average Bonchev–Trinajstić information content (AvgIpc) is 3.45. The lowest BCUT2D eigenvalue weighted by Gasteiger charge is -2.41. The smallest absolute Gasteiger partial charge is 0.431 e. The van der Waals surface area contributed by atoms with Crippen molar-refractivity contribution in [2.75, 3.05) is 45.4 Å². The van der Waals surface area contributed by atoms with Crippen LogP contribution in [0.15, 0.2) is 60.7 Å². The van der Waals surface area contributed by atoms with Gasteiger partial charge < -0.3 is 19.1 Å². The molecule has 4 rings (SSSR count). The Labute approximate surface area is 256 Å². The molecule has 0 saturated carbocycles. The van der Waals surface area contributed by atoms with E-state index in [4.69, 9.17) is 14.2 Å². The molecular weight excluding hydrogens is 568 g/mol. The highest BCUT2D eigenvalue weighted by atomic mass is 16.6. The summed E-state index contributed by atoms with van der Waals surface area (Å²) < 4.78 is 15.1. The van der Waals surface area contributed by atoms with E-state index in [-0.39, 0.29) is 6.04 Å². The third-order valence-corrected chi connectivity index (χ3v) is 7.14. The van der Waals surface area contributed by atoms with Crippen molar-refractivity contribution in [2.24, 2.45) is 0 Å². The molecule has 0 N–H and O–H groups in total. The van der Waals surface area contributed by atoms with Crippen molar-refractivity contribution in [1.29, 1.82) is 0 Å². The Hall–Kier alpha value is -4.78. The van der Waals surface area contributed by atoms with Crippen molar-refractivity contribution in [3.63, 3.8) is 0 Å². The van der Waals surface area contributed by atoms with E-state index < -0.39 is 47.0 Å².